The minimum Gasteiger partial charge on any atom is -0.451 e. The molecule has 0 saturated carbocycles. The number of piperidine rings is 1. The number of carbonyl (C=O) groups excluding carboxylic acids is 3. The molecule has 0 radical (unpaired) electrons. The summed E-state index contributed by atoms with van der Waals surface area (Å²) < 4.78 is 32.7. The van der Waals surface area contributed by atoms with E-state index in [1.54, 1.807) is 43.3 Å². The standard InChI is InChI=1S/C25H29N3O6S/c1-18-11-12-21(16-23(18)35(32,33)28-13-7-4-8-14-28)27-24(30)17-34-25(31)22(26-19(2)29)15-20-9-5-3-6-10-20/h3,5-6,9-12,15-16H,4,7-8,13-14,17H2,1-2H3,(H,26,29)(H,27,30)/b22-15-. The van der Waals surface area contributed by atoms with Crippen LogP contribution in [-0.4, -0.2) is 50.2 Å². The van der Waals surface area contributed by atoms with Crippen molar-refractivity contribution >= 4 is 39.6 Å². The summed E-state index contributed by atoms with van der Waals surface area (Å²) in [5.74, 6) is -1.99. The molecule has 9 nitrogen and oxygen atoms in total. The molecule has 3 rings (SSSR count). The Bertz CT molecular complexity index is 1220. The zero-order valence-electron chi connectivity index (χ0n) is 19.7. The molecule has 0 aromatic heterocycles. The first-order valence-corrected chi connectivity index (χ1v) is 12.7. The van der Waals surface area contributed by atoms with E-state index in [0.29, 0.717) is 24.2 Å². The van der Waals surface area contributed by atoms with Crippen molar-refractivity contribution in [2.24, 2.45) is 0 Å². The van der Waals surface area contributed by atoms with Crippen LogP contribution in [-0.2, 0) is 29.1 Å². The Morgan fingerprint density at radius 3 is 2.37 bits per heavy atom. The molecule has 1 fully saturated rings. The molecular weight excluding hydrogens is 470 g/mol. The Balaban J connectivity index is 1.67. The number of sulfonamides is 1. The van der Waals surface area contributed by atoms with Crippen LogP contribution in [0.2, 0.25) is 0 Å². The topological polar surface area (TPSA) is 122 Å². The number of anilines is 1. The van der Waals surface area contributed by atoms with Gasteiger partial charge < -0.3 is 15.4 Å². The van der Waals surface area contributed by atoms with Crippen molar-refractivity contribution < 1.29 is 27.5 Å². The highest BCUT2D eigenvalue weighted by Gasteiger charge is 2.27. The lowest BCUT2D eigenvalue weighted by atomic mass is 10.2. The number of esters is 1. The van der Waals surface area contributed by atoms with Gasteiger partial charge in [-0.1, -0.05) is 42.8 Å². The maximum atomic E-state index is 13.1. The monoisotopic (exact) mass is 499 g/mol. The number of benzene rings is 2. The van der Waals surface area contributed by atoms with E-state index in [1.807, 2.05) is 6.07 Å². The third-order valence-electron chi connectivity index (χ3n) is 5.38. The summed E-state index contributed by atoms with van der Waals surface area (Å²) in [6.45, 7) is 3.29. The average Bonchev–Trinajstić information content (AvgIpc) is 2.84. The predicted molar refractivity (Wildman–Crippen MR) is 132 cm³/mol. The zero-order chi connectivity index (χ0) is 25.4. The van der Waals surface area contributed by atoms with Gasteiger partial charge in [-0.2, -0.15) is 4.31 Å². The minimum atomic E-state index is -3.68. The van der Waals surface area contributed by atoms with E-state index in [-0.39, 0.29) is 16.3 Å². The average molecular weight is 500 g/mol. The van der Waals surface area contributed by atoms with Gasteiger partial charge in [0, 0.05) is 25.7 Å². The number of hydrogen-bond donors (Lipinski definition) is 2. The lowest BCUT2D eigenvalue weighted by molar-refractivity contribution is -0.144. The lowest BCUT2D eigenvalue weighted by Crippen LogP contribution is -2.36. The molecule has 2 aromatic rings. The van der Waals surface area contributed by atoms with Crippen LogP contribution in [0.1, 0.15) is 37.3 Å². The molecule has 1 aliphatic heterocycles. The summed E-state index contributed by atoms with van der Waals surface area (Å²) in [7, 11) is -3.68. The van der Waals surface area contributed by atoms with Crippen LogP contribution in [0.3, 0.4) is 0 Å². The van der Waals surface area contributed by atoms with Gasteiger partial charge in [0.25, 0.3) is 5.91 Å². The SMILES string of the molecule is CC(=O)N/C(=C\c1ccccc1)C(=O)OCC(=O)Nc1ccc(C)c(S(=O)(=O)N2CCCCC2)c1. The maximum absolute atomic E-state index is 13.1. The van der Waals surface area contributed by atoms with Crippen LogP contribution >= 0.6 is 0 Å². The molecule has 1 aliphatic rings. The third-order valence-corrected chi connectivity index (χ3v) is 7.42. The first-order chi connectivity index (χ1) is 16.7. The molecule has 0 atom stereocenters. The second kappa shape index (κ2) is 11.8. The normalized spacial score (nSPS) is 14.7. The first kappa shape index (κ1) is 26.1. The van der Waals surface area contributed by atoms with E-state index in [1.165, 1.54) is 23.4 Å². The summed E-state index contributed by atoms with van der Waals surface area (Å²) in [5.41, 5.74) is 1.40. The van der Waals surface area contributed by atoms with E-state index in [0.717, 1.165) is 19.3 Å². The molecule has 2 amide bonds. The molecule has 10 heteroatoms. The first-order valence-electron chi connectivity index (χ1n) is 11.3. The van der Waals surface area contributed by atoms with E-state index in [4.69, 9.17) is 4.74 Å². The Morgan fingerprint density at radius 1 is 1.03 bits per heavy atom. The lowest BCUT2D eigenvalue weighted by Gasteiger charge is -2.26. The Hall–Kier alpha value is -3.50. The van der Waals surface area contributed by atoms with Crippen molar-refractivity contribution in [3.8, 4) is 0 Å². The van der Waals surface area contributed by atoms with Crippen molar-refractivity contribution in [1.82, 2.24) is 9.62 Å². The molecule has 0 unspecified atom stereocenters. The molecule has 35 heavy (non-hydrogen) atoms. The summed E-state index contributed by atoms with van der Waals surface area (Å²) in [6.07, 6.45) is 4.09. The summed E-state index contributed by atoms with van der Waals surface area (Å²) in [5, 5.41) is 4.97. The van der Waals surface area contributed by atoms with Crippen molar-refractivity contribution in [2.45, 2.75) is 38.0 Å². The molecule has 0 bridgehead atoms. The van der Waals surface area contributed by atoms with Crippen molar-refractivity contribution in [2.75, 3.05) is 25.0 Å². The fourth-order valence-electron chi connectivity index (χ4n) is 3.66. The Labute approximate surface area is 205 Å². The summed E-state index contributed by atoms with van der Waals surface area (Å²) in [4.78, 5) is 36.5. The summed E-state index contributed by atoms with van der Waals surface area (Å²) >= 11 is 0. The number of nitrogens with zero attached hydrogens (tertiary/aromatic N) is 1. The van der Waals surface area contributed by atoms with Gasteiger partial charge >= 0.3 is 5.97 Å². The highest BCUT2D eigenvalue weighted by atomic mass is 32.2. The number of amides is 2. The minimum absolute atomic E-state index is 0.109. The van der Waals surface area contributed by atoms with Gasteiger partial charge in [-0.15, -0.1) is 0 Å². The van der Waals surface area contributed by atoms with Crippen molar-refractivity contribution in [3.63, 3.8) is 0 Å². The van der Waals surface area contributed by atoms with E-state index >= 15 is 0 Å². The number of nitrogens with one attached hydrogen (secondary N) is 2. The fraction of sp³-hybridized carbons (Fsp3) is 0.320. The van der Waals surface area contributed by atoms with E-state index < -0.39 is 34.4 Å². The number of ether oxygens (including phenoxy) is 1. The predicted octanol–water partition coefficient (Wildman–Crippen LogP) is 2.83. The molecule has 186 valence electrons. The maximum Gasteiger partial charge on any atom is 0.355 e. The van der Waals surface area contributed by atoms with Gasteiger partial charge in [-0.05, 0) is 49.1 Å². The third kappa shape index (κ3) is 7.24. The van der Waals surface area contributed by atoms with Crippen molar-refractivity contribution in [1.29, 1.82) is 0 Å². The number of aryl methyl sites for hydroxylation is 1. The molecule has 2 aromatic carbocycles. The van der Waals surface area contributed by atoms with Gasteiger partial charge in [0.05, 0.1) is 4.90 Å². The number of hydrogen-bond acceptors (Lipinski definition) is 6. The zero-order valence-corrected chi connectivity index (χ0v) is 20.6. The molecular formula is C25H29N3O6S. The fourth-order valence-corrected chi connectivity index (χ4v) is 5.43. The van der Waals surface area contributed by atoms with Crippen molar-refractivity contribution in [3.05, 3.63) is 65.4 Å². The number of carbonyl (C=O) groups is 3. The van der Waals surface area contributed by atoms with Gasteiger partial charge in [0.1, 0.15) is 5.70 Å². The molecule has 0 aliphatic carbocycles. The van der Waals surface area contributed by atoms with Crippen LogP contribution in [0, 0.1) is 6.92 Å². The van der Waals surface area contributed by atoms with Gasteiger partial charge in [-0.25, -0.2) is 13.2 Å². The van der Waals surface area contributed by atoms with E-state index in [2.05, 4.69) is 10.6 Å². The smallest absolute Gasteiger partial charge is 0.355 e. The second-order valence-electron chi connectivity index (χ2n) is 8.22. The molecule has 1 saturated heterocycles. The molecule has 1 heterocycles. The largest absolute Gasteiger partial charge is 0.451 e. The summed E-state index contributed by atoms with van der Waals surface area (Å²) in [6, 6.07) is 13.5. The molecule has 0 spiro atoms. The number of rotatable bonds is 8. The Kier molecular flexibility index (Phi) is 8.78. The van der Waals surface area contributed by atoms with Crippen LogP contribution < -0.4 is 10.6 Å². The second-order valence-corrected chi connectivity index (χ2v) is 10.1. The van der Waals surface area contributed by atoms with Gasteiger partial charge in [-0.3, -0.25) is 9.59 Å². The quantitative estimate of drug-likeness (QED) is 0.426. The van der Waals surface area contributed by atoms with Gasteiger partial charge in [0.15, 0.2) is 6.61 Å². The Morgan fingerprint density at radius 2 is 1.71 bits per heavy atom. The van der Waals surface area contributed by atoms with Crippen LogP contribution in [0.4, 0.5) is 5.69 Å². The van der Waals surface area contributed by atoms with Gasteiger partial charge in [0.2, 0.25) is 15.9 Å². The van der Waals surface area contributed by atoms with Crippen LogP contribution in [0.25, 0.3) is 6.08 Å². The van der Waals surface area contributed by atoms with E-state index in [9.17, 15) is 22.8 Å². The van der Waals surface area contributed by atoms with Crippen LogP contribution in [0.15, 0.2) is 59.1 Å². The van der Waals surface area contributed by atoms with Crippen LogP contribution in [0.5, 0.6) is 0 Å². The highest BCUT2D eigenvalue weighted by molar-refractivity contribution is 7.89. The molecule has 2 N–H and O–H groups in total. The highest BCUT2D eigenvalue weighted by Crippen LogP contribution is 2.26.